The molecular formula is C18H38O8S2. The molecule has 2 saturated heterocycles. The Bertz CT molecular complexity index is 380. The lowest BCUT2D eigenvalue weighted by atomic mass is 9.96. The van der Waals surface area contributed by atoms with Crippen LogP contribution in [0.2, 0.25) is 0 Å². The molecule has 0 amide bonds. The van der Waals surface area contributed by atoms with Crippen LogP contribution in [0, 0.1) is 12.8 Å². The molecule has 0 saturated carbocycles. The van der Waals surface area contributed by atoms with Gasteiger partial charge in [-0.25, -0.2) is 0 Å². The molecule has 2 aliphatic rings. The van der Waals surface area contributed by atoms with Gasteiger partial charge in [0.25, 0.3) is 0 Å². The summed E-state index contributed by atoms with van der Waals surface area (Å²) in [6.07, 6.45) is 2.70. The lowest BCUT2D eigenvalue weighted by molar-refractivity contribution is -0.219. The Morgan fingerprint density at radius 2 is 0.821 bits per heavy atom. The molecule has 0 aromatic rings. The third-order valence-corrected chi connectivity index (χ3v) is 4.66. The standard InChI is InChI=1S/2C8H16O4.C2H2.2H2S/c2*1-4-6(9)7(10)8(11-3)5(2)12-4;1-2;;/h2*4-10H,1-3H3;1-2H;2*1H2/t4-,5-,6-,7+,8+;;;;/m0..../s1. The zero-order valence-electron chi connectivity index (χ0n) is 17.4. The zero-order chi connectivity index (χ0) is 20.6. The van der Waals surface area contributed by atoms with E-state index in [0.717, 1.165) is 0 Å². The first-order valence-electron chi connectivity index (χ1n) is 8.57. The first-order chi connectivity index (χ1) is 12.1. The summed E-state index contributed by atoms with van der Waals surface area (Å²) in [4.78, 5) is 0. The molecule has 2 aliphatic heterocycles. The summed E-state index contributed by atoms with van der Waals surface area (Å²) >= 11 is 0. The summed E-state index contributed by atoms with van der Waals surface area (Å²) in [7, 11) is 2.99. The number of methoxy groups -OCH3 is 2. The molecule has 28 heavy (non-hydrogen) atoms. The Morgan fingerprint density at radius 3 is 1.04 bits per heavy atom. The number of terminal acetylenes is 1. The van der Waals surface area contributed by atoms with Gasteiger partial charge in [-0.3, -0.25) is 0 Å². The average molecular weight is 447 g/mol. The monoisotopic (exact) mass is 446 g/mol. The van der Waals surface area contributed by atoms with Crippen molar-refractivity contribution in [2.45, 2.75) is 88.7 Å². The van der Waals surface area contributed by atoms with Crippen molar-refractivity contribution in [3.8, 4) is 12.8 Å². The van der Waals surface area contributed by atoms with Crippen LogP contribution in [0.4, 0.5) is 0 Å². The van der Waals surface area contributed by atoms with Gasteiger partial charge in [0.1, 0.15) is 36.6 Å². The summed E-state index contributed by atoms with van der Waals surface area (Å²) in [6, 6.07) is 0. The maximum absolute atomic E-state index is 9.52. The van der Waals surface area contributed by atoms with Crippen molar-refractivity contribution in [2.75, 3.05) is 14.2 Å². The summed E-state index contributed by atoms with van der Waals surface area (Å²) in [6.45, 7) is 7.10. The Morgan fingerprint density at radius 1 is 0.571 bits per heavy atom. The Balaban J connectivity index is -0.000000385. The molecule has 0 bridgehead atoms. The maximum Gasteiger partial charge on any atom is 0.111 e. The molecule has 2 heterocycles. The van der Waals surface area contributed by atoms with Crippen molar-refractivity contribution in [1.29, 1.82) is 0 Å². The highest BCUT2D eigenvalue weighted by atomic mass is 32.1. The van der Waals surface area contributed by atoms with Crippen molar-refractivity contribution in [1.82, 2.24) is 0 Å². The molecule has 0 aliphatic carbocycles. The first kappa shape index (κ1) is 32.6. The zero-order valence-corrected chi connectivity index (χ0v) is 19.4. The number of rotatable bonds is 2. The number of hydrogen-bond donors (Lipinski definition) is 4. The number of aliphatic hydroxyl groups excluding tert-OH is 4. The second-order valence-corrected chi connectivity index (χ2v) is 6.46. The van der Waals surface area contributed by atoms with E-state index in [1.54, 1.807) is 13.8 Å². The molecule has 5 unspecified atom stereocenters. The lowest BCUT2D eigenvalue weighted by Crippen LogP contribution is -2.56. The second kappa shape index (κ2) is 15.7. The predicted molar refractivity (Wildman–Crippen MR) is 116 cm³/mol. The van der Waals surface area contributed by atoms with Gasteiger partial charge >= 0.3 is 0 Å². The van der Waals surface area contributed by atoms with Crippen LogP contribution in [0.5, 0.6) is 0 Å². The van der Waals surface area contributed by atoms with Gasteiger partial charge in [-0.15, -0.1) is 12.8 Å². The van der Waals surface area contributed by atoms with E-state index in [-0.39, 0.29) is 51.4 Å². The van der Waals surface area contributed by atoms with E-state index in [1.807, 2.05) is 13.8 Å². The fourth-order valence-electron chi connectivity index (χ4n) is 3.15. The Hall–Kier alpha value is -0.0600. The van der Waals surface area contributed by atoms with Gasteiger partial charge in [-0.2, -0.15) is 27.0 Å². The number of aliphatic hydroxyl groups is 4. The van der Waals surface area contributed by atoms with Crippen molar-refractivity contribution >= 4 is 27.0 Å². The van der Waals surface area contributed by atoms with E-state index in [9.17, 15) is 20.4 Å². The molecule has 0 aromatic carbocycles. The third kappa shape index (κ3) is 8.36. The molecule has 0 radical (unpaired) electrons. The van der Waals surface area contributed by atoms with Gasteiger partial charge < -0.3 is 39.4 Å². The summed E-state index contributed by atoms with van der Waals surface area (Å²) in [5.74, 6) is 0. The first-order valence-corrected chi connectivity index (χ1v) is 8.57. The molecule has 2 rings (SSSR count). The van der Waals surface area contributed by atoms with Gasteiger partial charge in [0, 0.05) is 14.2 Å². The predicted octanol–water partition coefficient (Wildman–Crippen LogP) is -0.464. The number of ether oxygens (including phenoxy) is 4. The van der Waals surface area contributed by atoms with Gasteiger partial charge in [0.15, 0.2) is 0 Å². The highest BCUT2D eigenvalue weighted by Crippen LogP contribution is 2.23. The molecule has 0 spiro atoms. The number of hydrogen-bond acceptors (Lipinski definition) is 8. The Kier molecular flexibility index (Phi) is 18.3. The smallest absolute Gasteiger partial charge is 0.111 e. The molecule has 2 fully saturated rings. The maximum atomic E-state index is 9.52. The minimum Gasteiger partial charge on any atom is -0.388 e. The topological polar surface area (TPSA) is 118 Å². The summed E-state index contributed by atoms with van der Waals surface area (Å²) in [5.41, 5.74) is 0. The molecule has 0 aromatic heterocycles. The van der Waals surface area contributed by atoms with E-state index < -0.39 is 36.6 Å². The quantitative estimate of drug-likeness (QED) is 0.421. The molecule has 4 N–H and O–H groups in total. The molecular weight excluding hydrogens is 408 g/mol. The third-order valence-electron chi connectivity index (χ3n) is 4.66. The van der Waals surface area contributed by atoms with E-state index >= 15 is 0 Å². The highest BCUT2D eigenvalue weighted by molar-refractivity contribution is 7.59. The lowest BCUT2D eigenvalue weighted by Gasteiger charge is -2.39. The van der Waals surface area contributed by atoms with Crippen molar-refractivity contribution in [3.63, 3.8) is 0 Å². The van der Waals surface area contributed by atoms with Crippen LogP contribution in [0.25, 0.3) is 0 Å². The van der Waals surface area contributed by atoms with Crippen molar-refractivity contribution in [2.24, 2.45) is 0 Å². The van der Waals surface area contributed by atoms with Gasteiger partial charge in [-0.1, -0.05) is 0 Å². The van der Waals surface area contributed by atoms with E-state index in [4.69, 9.17) is 18.9 Å². The largest absolute Gasteiger partial charge is 0.388 e. The van der Waals surface area contributed by atoms with Crippen LogP contribution in [-0.4, -0.2) is 95.7 Å². The minimum absolute atomic E-state index is 0. The van der Waals surface area contributed by atoms with E-state index in [0.29, 0.717) is 0 Å². The highest BCUT2D eigenvalue weighted by Gasteiger charge is 2.41. The van der Waals surface area contributed by atoms with Crippen LogP contribution in [0.15, 0.2) is 0 Å². The minimum atomic E-state index is -0.855. The second-order valence-electron chi connectivity index (χ2n) is 6.46. The molecule has 10 atom stereocenters. The normalized spacial score (nSPS) is 42.3. The fourth-order valence-corrected chi connectivity index (χ4v) is 3.15. The van der Waals surface area contributed by atoms with Crippen LogP contribution >= 0.6 is 27.0 Å². The van der Waals surface area contributed by atoms with Crippen molar-refractivity contribution < 1.29 is 39.4 Å². The van der Waals surface area contributed by atoms with Gasteiger partial charge in [0.2, 0.25) is 0 Å². The fraction of sp³-hybridized carbons (Fsp3) is 0.889. The van der Waals surface area contributed by atoms with E-state index in [1.165, 1.54) is 14.2 Å². The van der Waals surface area contributed by atoms with Gasteiger partial charge in [0.05, 0.1) is 24.4 Å². The summed E-state index contributed by atoms with van der Waals surface area (Å²) in [5, 5.41) is 37.9. The van der Waals surface area contributed by atoms with Gasteiger partial charge in [-0.05, 0) is 27.7 Å². The van der Waals surface area contributed by atoms with Crippen LogP contribution < -0.4 is 0 Å². The SMILES string of the molecule is C#C.COC1C(C)OC(C)C(O)C1O.CO[C@H]1[C@H](O)[C@@H](O)[C@H](C)O[C@H]1C.S.S. The molecule has 10 heteroatoms. The molecule has 170 valence electrons. The molecule has 8 nitrogen and oxygen atoms in total. The van der Waals surface area contributed by atoms with Crippen LogP contribution in [0.1, 0.15) is 27.7 Å². The Labute approximate surface area is 182 Å². The van der Waals surface area contributed by atoms with E-state index in [2.05, 4.69) is 12.8 Å². The van der Waals surface area contributed by atoms with Crippen LogP contribution in [-0.2, 0) is 18.9 Å². The van der Waals surface area contributed by atoms with Crippen molar-refractivity contribution in [3.05, 3.63) is 0 Å². The van der Waals surface area contributed by atoms with Crippen LogP contribution in [0.3, 0.4) is 0 Å². The average Bonchev–Trinajstić information content (AvgIpc) is 2.61. The summed E-state index contributed by atoms with van der Waals surface area (Å²) < 4.78 is 20.7.